The van der Waals surface area contributed by atoms with E-state index in [1.807, 2.05) is 6.07 Å². The zero-order valence-electron chi connectivity index (χ0n) is 15.0. The van der Waals surface area contributed by atoms with Crippen molar-refractivity contribution in [2.45, 2.75) is 26.8 Å². The molecule has 0 aliphatic heterocycles. The van der Waals surface area contributed by atoms with Crippen molar-refractivity contribution in [1.82, 2.24) is 15.2 Å². The third-order valence-electron chi connectivity index (χ3n) is 4.40. The second-order valence-electron chi connectivity index (χ2n) is 6.67. The Kier molecular flexibility index (Phi) is 5.43. The average molecular weight is 356 g/mol. The molecular formula is C20H25N3OS. The van der Waals surface area contributed by atoms with Crippen LogP contribution in [-0.4, -0.2) is 17.1 Å². The number of carbonyl (C=O) groups is 1. The average Bonchev–Trinajstić information content (AvgIpc) is 3.20. The van der Waals surface area contributed by atoms with Crippen LogP contribution in [0.2, 0.25) is 0 Å². The molecule has 2 aromatic heterocycles. The van der Waals surface area contributed by atoms with E-state index < -0.39 is 0 Å². The lowest BCUT2D eigenvalue weighted by atomic mass is 10.1. The van der Waals surface area contributed by atoms with Crippen LogP contribution in [0.25, 0.3) is 21.5 Å². The van der Waals surface area contributed by atoms with Gasteiger partial charge in [-0.1, -0.05) is 38.1 Å². The number of aromatic nitrogens is 1. The lowest BCUT2D eigenvalue weighted by Gasteiger charge is -2.10. The maximum Gasteiger partial charge on any atom is 0.315 e. The molecule has 0 fully saturated rings. The Bertz CT molecular complexity index is 849. The minimum Gasteiger partial charge on any atom is -0.343 e. The van der Waals surface area contributed by atoms with Gasteiger partial charge in [-0.05, 0) is 29.9 Å². The lowest BCUT2D eigenvalue weighted by molar-refractivity contribution is 0.240. The minimum atomic E-state index is -0.106. The summed E-state index contributed by atoms with van der Waals surface area (Å²) < 4.78 is 2.22. The third-order valence-corrected chi connectivity index (χ3v) is 5.28. The number of carbonyl (C=O) groups excluding carboxylic acids is 1. The van der Waals surface area contributed by atoms with E-state index in [0.717, 1.165) is 6.42 Å². The summed E-state index contributed by atoms with van der Waals surface area (Å²) in [7, 11) is 2.09. The van der Waals surface area contributed by atoms with E-state index in [1.165, 1.54) is 27.0 Å². The van der Waals surface area contributed by atoms with Gasteiger partial charge in [0, 0.05) is 36.6 Å². The SMILES string of the molecule is CC(C)CCNC(=O)NCc1c(-c2cccs2)n(C)c2ccccc12. The number of nitrogens with one attached hydrogen (secondary N) is 2. The van der Waals surface area contributed by atoms with E-state index >= 15 is 0 Å². The molecule has 5 heteroatoms. The highest BCUT2D eigenvalue weighted by Crippen LogP contribution is 2.35. The zero-order chi connectivity index (χ0) is 17.8. The van der Waals surface area contributed by atoms with Crippen molar-refractivity contribution in [3.63, 3.8) is 0 Å². The van der Waals surface area contributed by atoms with Crippen molar-refractivity contribution >= 4 is 28.3 Å². The molecule has 0 spiro atoms. The molecule has 3 rings (SSSR count). The molecule has 2 amide bonds. The van der Waals surface area contributed by atoms with Crippen LogP contribution in [0.4, 0.5) is 4.79 Å². The first kappa shape index (κ1) is 17.5. The molecule has 0 radical (unpaired) electrons. The number of hydrogen-bond acceptors (Lipinski definition) is 2. The lowest BCUT2D eigenvalue weighted by Crippen LogP contribution is -2.36. The number of nitrogens with zero attached hydrogens (tertiary/aromatic N) is 1. The largest absolute Gasteiger partial charge is 0.343 e. The Hall–Kier alpha value is -2.27. The van der Waals surface area contributed by atoms with E-state index in [0.29, 0.717) is 19.0 Å². The van der Waals surface area contributed by atoms with Crippen molar-refractivity contribution in [2.75, 3.05) is 6.54 Å². The molecule has 0 atom stereocenters. The van der Waals surface area contributed by atoms with E-state index in [9.17, 15) is 4.79 Å². The Labute approximate surface area is 152 Å². The molecule has 0 saturated carbocycles. The maximum absolute atomic E-state index is 12.1. The van der Waals surface area contributed by atoms with Crippen LogP contribution in [0.5, 0.6) is 0 Å². The summed E-state index contributed by atoms with van der Waals surface area (Å²) in [4.78, 5) is 13.3. The van der Waals surface area contributed by atoms with Gasteiger partial charge in [-0.2, -0.15) is 0 Å². The Morgan fingerprint density at radius 2 is 1.96 bits per heavy atom. The third kappa shape index (κ3) is 3.87. The Balaban J connectivity index is 1.83. The monoisotopic (exact) mass is 355 g/mol. The first-order chi connectivity index (χ1) is 12.1. The molecule has 4 nitrogen and oxygen atoms in total. The van der Waals surface area contributed by atoms with Crippen LogP contribution in [0.3, 0.4) is 0 Å². The van der Waals surface area contributed by atoms with Crippen LogP contribution < -0.4 is 10.6 Å². The van der Waals surface area contributed by atoms with Crippen molar-refractivity contribution in [2.24, 2.45) is 13.0 Å². The summed E-state index contributed by atoms with van der Waals surface area (Å²) in [6.45, 7) is 5.53. The van der Waals surface area contributed by atoms with Crippen LogP contribution in [0.15, 0.2) is 41.8 Å². The first-order valence-corrected chi connectivity index (χ1v) is 9.57. The van der Waals surface area contributed by atoms with Gasteiger partial charge in [0.1, 0.15) is 0 Å². The van der Waals surface area contributed by atoms with Gasteiger partial charge in [-0.25, -0.2) is 4.79 Å². The molecule has 0 aliphatic rings. The summed E-state index contributed by atoms with van der Waals surface area (Å²) in [5.41, 5.74) is 3.53. The smallest absolute Gasteiger partial charge is 0.315 e. The Morgan fingerprint density at radius 3 is 2.68 bits per heavy atom. The van der Waals surface area contributed by atoms with Crippen molar-refractivity contribution < 1.29 is 4.79 Å². The van der Waals surface area contributed by atoms with Crippen molar-refractivity contribution in [3.8, 4) is 10.6 Å². The van der Waals surface area contributed by atoms with Crippen molar-refractivity contribution in [3.05, 3.63) is 47.3 Å². The molecule has 2 N–H and O–H groups in total. The van der Waals surface area contributed by atoms with Gasteiger partial charge in [0.05, 0.1) is 10.6 Å². The highest BCUT2D eigenvalue weighted by Gasteiger charge is 2.17. The number of para-hydroxylation sites is 1. The predicted octanol–water partition coefficient (Wildman–Crippen LogP) is 4.75. The summed E-state index contributed by atoms with van der Waals surface area (Å²) in [5, 5.41) is 9.24. The number of fused-ring (bicyclic) bond motifs is 1. The van der Waals surface area contributed by atoms with E-state index in [-0.39, 0.29) is 6.03 Å². The van der Waals surface area contributed by atoms with Crippen molar-refractivity contribution in [1.29, 1.82) is 0 Å². The number of rotatable bonds is 6. The number of hydrogen-bond donors (Lipinski definition) is 2. The van der Waals surface area contributed by atoms with Gasteiger partial charge in [-0.3, -0.25) is 0 Å². The van der Waals surface area contributed by atoms with Gasteiger partial charge >= 0.3 is 6.03 Å². The van der Waals surface area contributed by atoms with E-state index in [4.69, 9.17) is 0 Å². The predicted molar refractivity (Wildman–Crippen MR) is 106 cm³/mol. The molecule has 0 bridgehead atoms. The maximum atomic E-state index is 12.1. The number of aryl methyl sites for hydroxylation is 1. The molecule has 0 saturated heterocycles. The zero-order valence-corrected chi connectivity index (χ0v) is 15.8. The molecule has 0 unspecified atom stereocenters. The van der Waals surface area contributed by atoms with Crippen LogP contribution >= 0.6 is 11.3 Å². The minimum absolute atomic E-state index is 0.106. The quantitative estimate of drug-likeness (QED) is 0.658. The standard InChI is InChI=1S/C20H25N3OS/c1-14(2)10-11-21-20(24)22-13-16-15-7-4-5-8-17(15)23(3)19(16)18-9-6-12-25-18/h4-9,12,14H,10-11,13H2,1-3H3,(H2,21,22,24). The highest BCUT2D eigenvalue weighted by molar-refractivity contribution is 7.13. The van der Waals surface area contributed by atoms with Gasteiger partial charge in [0.2, 0.25) is 0 Å². The van der Waals surface area contributed by atoms with Gasteiger partial charge in [0.25, 0.3) is 0 Å². The molecule has 25 heavy (non-hydrogen) atoms. The first-order valence-electron chi connectivity index (χ1n) is 8.69. The summed E-state index contributed by atoms with van der Waals surface area (Å²) in [5.74, 6) is 0.587. The number of benzene rings is 1. The second kappa shape index (κ2) is 7.74. The molecule has 0 aliphatic carbocycles. The topological polar surface area (TPSA) is 46.1 Å². The summed E-state index contributed by atoms with van der Waals surface area (Å²) in [6, 6.07) is 12.4. The number of thiophene rings is 1. The molecule has 1 aromatic carbocycles. The van der Waals surface area contributed by atoms with Gasteiger partial charge < -0.3 is 15.2 Å². The molecular weight excluding hydrogens is 330 g/mol. The molecule has 2 heterocycles. The normalized spacial score (nSPS) is 11.2. The van der Waals surface area contributed by atoms with Crippen LogP contribution in [-0.2, 0) is 13.6 Å². The molecule has 132 valence electrons. The fraction of sp³-hybridized carbons (Fsp3) is 0.350. The fourth-order valence-electron chi connectivity index (χ4n) is 3.08. The number of amides is 2. The van der Waals surface area contributed by atoms with E-state index in [1.54, 1.807) is 11.3 Å². The number of urea groups is 1. The molecule has 3 aromatic rings. The Morgan fingerprint density at radius 1 is 1.16 bits per heavy atom. The van der Waals surface area contributed by atoms with Crippen LogP contribution in [0.1, 0.15) is 25.8 Å². The fourth-order valence-corrected chi connectivity index (χ4v) is 3.92. The van der Waals surface area contributed by atoms with Gasteiger partial charge in [-0.15, -0.1) is 11.3 Å². The van der Waals surface area contributed by atoms with E-state index in [2.05, 4.69) is 71.8 Å². The van der Waals surface area contributed by atoms with Crippen LogP contribution in [0, 0.1) is 5.92 Å². The summed E-state index contributed by atoms with van der Waals surface area (Å²) in [6.07, 6.45) is 0.988. The highest BCUT2D eigenvalue weighted by atomic mass is 32.1. The van der Waals surface area contributed by atoms with Gasteiger partial charge in [0.15, 0.2) is 0 Å². The second-order valence-corrected chi connectivity index (χ2v) is 7.62. The summed E-state index contributed by atoms with van der Waals surface area (Å²) >= 11 is 1.72.